The lowest BCUT2D eigenvalue weighted by Crippen LogP contribution is -1.98. The Morgan fingerprint density at radius 1 is 0.510 bits per heavy atom. The summed E-state index contributed by atoms with van der Waals surface area (Å²) in [5.41, 5.74) is 13.4. The molecular weight excluding hydrogens is 627 g/mol. The van der Waals surface area contributed by atoms with Gasteiger partial charge in [-0.05, 0) is 126 Å². The van der Waals surface area contributed by atoms with E-state index < -0.39 is 0 Å². The predicted octanol–water partition coefficient (Wildman–Crippen LogP) is 11.3. The fraction of sp³-hybridized carbons (Fsp3) is 0.0889. The molecule has 5 aromatic carbocycles. The maximum absolute atomic E-state index is 6.69. The summed E-state index contributed by atoms with van der Waals surface area (Å²) in [4.78, 5) is 14.7. The number of hydrogen-bond acceptors (Lipinski definition) is 4. The Morgan fingerprint density at radius 2 is 1.14 bits per heavy atom. The molecule has 0 fully saturated rings. The first kappa shape index (κ1) is 29.4. The number of hydrogen-bond donors (Lipinski definition) is 0. The number of rotatable bonds is 4. The van der Waals surface area contributed by atoms with Crippen molar-refractivity contribution in [3.8, 4) is 33.9 Å². The fourth-order valence-corrected chi connectivity index (χ4v) is 8.24. The predicted molar refractivity (Wildman–Crippen MR) is 208 cm³/mol. The van der Waals surface area contributed by atoms with E-state index >= 15 is 0 Å². The van der Waals surface area contributed by atoms with Crippen molar-refractivity contribution in [2.75, 3.05) is 0 Å². The van der Waals surface area contributed by atoms with Crippen LogP contribution in [-0.2, 0) is 0 Å². The molecule has 0 bridgehead atoms. The van der Waals surface area contributed by atoms with Gasteiger partial charge in [-0.25, -0.2) is 15.0 Å². The Kier molecular flexibility index (Phi) is 6.33. The van der Waals surface area contributed by atoms with Crippen molar-refractivity contribution in [3.63, 3.8) is 0 Å². The lowest BCUT2D eigenvalue weighted by atomic mass is 9.91. The number of fused-ring (bicyclic) bond motifs is 12. The first-order valence-corrected chi connectivity index (χ1v) is 17.3. The van der Waals surface area contributed by atoms with Crippen LogP contribution in [0, 0.1) is 27.7 Å². The van der Waals surface area contributed by atoms with E-state index in [0.717, 1.165) is 66.6 Å². The molecule has 5 aromatic heterocycles. The Bertz CT molecular complexity index is 3010. The maximum Gasteiger partial charge on any atom is 0.146 e. The van der Waals surface area contributed by atoms with Crippen LogP contribution < -0.4 is 4.74 Å². The van der Waals surface area contributed by atoms with E-state index in [1.807, 2.05) is 36.9 Å². The Labute approximate surface area is 294 Å². The van der Waals surface area contributed by atoms with Crippen molar-refractivity contribution < 1.29 is 4.74 Å². The van der Waals surface area contributed by atoms with Crippen molar-refractivity contribution in [1.82, 2.24) is 23.8 Å². The fourth-order valence-electron chi connectivity index (χ4n) is 8.24. The van der Waals surface area contributed by atoms with Gasteiger partial charge in [0.25, 0.3) is 0 Å². The van der Waals surface area contributed by atoms with Gasteiger partial charge in [0.2, 0.25) is 0 Å². The zero-order valence-corrected chi connectivity index (χ0v) is 28.8. The van der Waals surface area contributed by atoms with Crippen LogP contribution in [0.25, 0.3) is 77.2 Å². The second kappa shape index (κ2) is 11.0. The van der Waals surface area contributed by atoms with Crippen LogP contribution in [0.4, 0.5) is 0 Å². The summed E-state index contributed by atoms with van der Waals surface area (Å²) in [6, 6.07) is 36.2. The van der Waals surface area contributed by atoms with Gasteiger partial charge in [0.15, 0.2) is 0 Å². The number of nitrogens with zero attached hydrogens (tertiary/aromatic N) is 5. The molecule has 0 spiro atoms. The normalized spacial score (nSPS) is 11.9. The van der Waals surface area contributed by atoms with Crippen LogP contribution in [0.5, 0.6) is 11.5 Å². The Balaban J connectivity index is 1.16. The molecule has 244 valence electrons. The summed E-state index contributed by atoms with van der Waals surface area (Å²) >= 11 is 0. The van der Waals surface area contributed by atoms with Gasteiger partial charge < -0.3 is 4.74 Å². The highest BCUT2D eigenvalue weighted by atomic mass is 16.5. The second-order valence-corrected chi connectivity index (χ2v) is 13.5. The number of benzene rings is 5. The zero-order valence-electron chi connectivity index (χ0n) is 28.8. The first-order valence-electron chi connectivity index (χ1n) is 17.3. The molecule has 51 heavy (non-hydrogen) atoms. The molecule has 5 heterocycles. The highest BCUT2D eigenvalue weighted by Gasteiger charge is 2.19. The van der Waals surface area contributed by atoms with Gasteiger partial charge >= 0.3 is 0 Å². The molecule has 0 aliphatic rings. The van der Waals surface area contributed by atoms with E-state index in [9.17, 15) is 0 Å². The molecule has 0 aliphatic carbocycles. The molecule has 10 rings (SSSR count). The number of imidazole rings is 2. The summed E-state index contributed by atoms with van der Waals surface area (Å²) in [6.45, 7) is 8.68. The van der Waals surface area contributed by atoms with Crippen molar-refractivity contribution in [2.24, 2.45) is 0 Å². The third kappa shape index (κ3) is 4.33. The average molecular weight is 660 g/mol. The van der Waals surface area contributed by atoms with Gasteiger partial charge in [0.1, 0.15) is 28.4 Å². The van der Waals surface area contributed by atoms with E-state index in [1.54, 1.807) is 0 Å². The molecule has 0 saturated carbocycles. The highest BCUT2D eigenvalue weighted by molar-refractivity contribution is 6.18. The van der Waals surface area contributed by atoms with Crippen LogP contribution in [0.15, 0.2) is 128 Å². The van der Waals surface area contributed by atoms with E-state index in [0.29, 0.717) is 0 Å². The monoisotopic (exact) mass is 659 g/mol. The Morgan fingerprint density at radius 3 is 1.88 bits per heavy atom. The minimum absolute atomic E-state index is 0.736. The minimum Gasteiger partial charge on any atom is -0.457 e. The topological polar surface area (TPSA) is 56.7 Å². The number of aryl methyl sites for hydroxylation is 4. The smallest absolute Gasteiger partial charge is 0.146 e. The average Bonchev–Trinajstić information content (AvgIpc) is 3.81. The summed E-state index contributed by atoms with van der Waals surface area (Å²) in [5.74, 6) is 1.48. The SMILES string of the molecule is Cc1cccc(C)c1-c1cccc2c1c1ccc(Oc3ccc4c5cccnc5n5c(-c6c(C)cccc6C)cnc5c4c3)cc1c1nccn21. The number of aromatic nitrogens is 5. The van der Waals surface area contributed by atoms with Gasteiger partial charge in [-0.1, -0.05) is 48.5 Å². The standard InChI is InChI=1S/C45H33N5O/c1-26-9-5-10-27(2)40(26)35-13-7-15-38-42(35)33-19-17-31(24-37(33)43-47-21-22-49(38)43)51-30-16-18-32-34-14-8-20-46-44(34)50-39(25-48-45(50)36(32)23-30)41-28(3)11-6-12-29(41)4/h5-25H,1-4H3. The number of ether oxygens (including phenoxy) is 1. The molecule has 0 saturated heterocycles. The second-order valence-electron chi connectivity index (χ2n) is 13.5. The lowest BCUT2D eigenvalue weighted by Gasteiger charge is -2.17. The van der Waals surface area contributed by atoms with Crippen molar-refractivity contribution in [1.29, 1.82) is 0 Å². The summed E-state index contributed by atoms with van der Waals surface area (Å²) < 4.78 is 11.1. The maximum atomic E-state index is 6.69. The first-order chi connectivity index (χ1) is 25.0. The molecular formula is C45H33N5O. The third-order valence-electron chi connectivity index (χ3n) is 10.4. The molecule has 0 radical (unpaired) electrons. The van der Waals surface area contributed by atoms with Crippen molar-refractivity contribution in [2.45, 2.75) is 27.7 Å². The van der Waals surface area contributed by atoms with E-state index in [1.165, 1.54) is 44.3 Å². The minimum atomic E-state index is 0.736. The molecule has 6 heteroatoms. The van der Waals surface area contributed by atoms with Crippen molar-refractivity contribution in [3.05, 3.63) is 150 Å². The van der Waals surface area contributed by atoms with E-state index in [4.69, 9.17) is 19.7 Å². The molecule has 6 nitrogen and oxygen atoms in total. The summed E-state index contributed by atoms with van der Waals surface area (Å²) in [5, 5.41) is 6.54. The molecule has 0 unspecified atom stereocenters. The van der Waals surface area contributed by atoms with Crippen LogP contribution in [0.1, 0.15) is 22.3 Å². The van der Waals surface area contributed by atoms with Gasteiger partial charge in [0.05, 0.1) is 17.4 Å². The van der Waals surface area contributed by atoms with Crippen LogP contribution in [0.3, 0.4) is 0 Å². The molecule has 0 atom stereocenters. The third-order valence-corrected chi connectivity index (χ3v) is 10.4. The summed E-state index contributed by atoms with van der Waals surface area (Å²) in [7, 11) is 0. The molecule has 0 aliphatic heterocycles. The lowest BCUT2D eigenvalue weighted by molar-refractivity contribution is 0.484. The van der Waals surface area contributed by atoms with Crippen LogP contribution >= 0.6 is 0 Å². The highest BCUT2D eigenvalue weighted by Crippen LogP contribution is 2.41. The van der Waals surface area contributed by atoms with Gasteiger partial charge in [0, 0.05) is 45.7 Å². The van der Waals surface area contributed by atoms with Crippen molar-refractivity contribution >= 4 is 54.8 Å². The zero-order chi connectivity index (χ0) is 34.4. The quantitative estimate of drug-likeness (QED) is 0.176. The van der Waals surface area contributed by atoms with E-state index in [2.05, 4.69) is 127 Å². The van der Waals surface area contributed by atoms with E-state index in [-0.39, 0.29) is 0 Å². The Hall–Kier alpha value is -6.53. The summed E-state index contributed by atoms with van der Waals surface area (Å²) in [6.07, 6.45) is 7.74. The van der Waals surface area contributed by atoms with Crippen LogP contribution in [0.2, 0.25) is 0 Å². The van der Waals surface area contributed by atoms with Gasteiger partial charge in [-0.15, -0.1) is 0 Å². The van der Waals surface area contributed by atoms with Gasteiger partial charge in [-0.2, -0.15) is 0 Å². The number of pyridine rings is 3. The molecule has 10 aromatic rings. The van der Waals surface area contributed by atoms with Gasteiger partial charge in [-0.3, -0.25) is 8.80 Å². The molecule has 0 N–H and O–H groups in total. The van der Waals surface area contributed by atoms with Crippen LogP contribution in [-0.4, -0.2) is 23.8 Å². The largest absolute Gasteiger partial charge is 0.457 e. The molecule has 0 amide bonds.